The molecule has 2 aromatic rings. The number of nitrogens with one attached hydrogen (secondary N) is 2. The lowest BCUT2D eigenvalue weighted by Crippen LogP contribution is -2.23. The van der Waals surface area contributed by atoms with E-state index in [1.165, 1.54) is 18.2 Å². The third-order valence-electron chi connectivity index (χ3n) is 2.67. The highest BCUT2D eigenvalue weighted by molar-refractivity contribution is 7.89. The number of nitrogens with two attached hydrogens (primary N) is 1. The Labute approximate surface area is 116 Å². The molecular formula is C11H13ClN4O2S. The fourth-order valence-corrected chi connectivity index (χ4v) is 2.76. The van der Waals surface area contributed by atoms with Gasteiger partial charge in [0.1, 0.15) is 0 Å². The van der Waals surface area contributed by atoms with Gasteiger partial charge in [-0.15, -0.1) is 0 Å². The highest BCUT2D eigenvalue weighted by Crippen LogP contribution is 2.22. The number of aromatic nitrogens is 2. The summed E-state index contributed by atoms with van der Waals surface area (Å²) in [5.41, 5.74) is 7.48. The lowest BCUT2D eigenvalue weighted by Gasteiger charge is -2.07. The van der Waals surface area contributed by atoms with Gasteiger partial charge in [0.15, 0.2) is 0 Å². The fraction of sp³-hybridized carbons (Fsp3) is 0.182. The molecule has 4 N–H and O–H groups in total. The monoisotopic (exact) mass is 300 g/mol. The lowest BCUT2D eigenvalue weighted by atomic mass is 10.3. The van der Waals surface area contributed by atoms with Gasteiger partial charge in [-0.1, -0.05) is 11.6 Å². The van der Waals surface area contributed by atoms with Crippen molar-refractivity contribution in [1.82, 2.24) is 14.9 Å². The van der Waals surface area contributed by atoms with E-state index in [1.807, 2.05) is 6.92 Å². The minimum atomic E-state index is -3.62. The van der Waals surface area contributed by atoms with Crippen LogP contribution in [0.25, 0.3) is 0 Å². The van der Waals surface area contributed by atoms with Crippen LogP contribution in [0.15, 0.2) is 29.3 Å². The average Bonchev–Trinajstić information content (AvgIpc) is 2.76. The summed E-state index contributed by atoms with van der Waals surface area (Å²) >= 11 is 5.81. The van der Waals surface area contributed by atoms with Crippen LogP contribution in [0.4, 0.5) is 5.69 Å². The van der Waals surface area contributed by atoms with Crippen LogP contribution in [0.5, 0.6) is 0 Å². The Bertz CT molecular complexity index is 696. The maximum absolute atomic E-state index is 12.1. The molecule has 102 valence electrons. The molecule has 1 aromatic heterocycles. The molecule has 19 heavy (non-hydrogen) atoms. The molecule has 0 aliphatic carbocycles. The number of anilines is 1. The summed E-state index contributed by atoms with van der Waals surface area (Å²) in [6.07, 6.45) is 1.58. The zero-order valence-corrected chi connectivity index (χ0v) is 11.7. The summed E-state index contributed by atoms with van der Waals surface area (Å²) in [5.74, 6) is 0. The summed E-state index contributed by atoms with van der Waals surface area (Å²) in [7, 11) is -3.62. The van der Waals surface area contributed by atoms with Crippen LogP contribution in [0, 0.1) is 6.92 Å². The third kappa shape index (κ3) is 3.06. The first-order valence-corrected chi connectivity index (χ1v) is 7.30. The Morgan fingerprint density at radius 2 is 2.21 bits per heavy atom. The topological polar surface area (TPSA) is 101 Å². The van der Waals surface area contributed by atoms with Crippen molar-refractivity contribution in [2.75, 3.05) is 5.73 Å². The first-order valence-electron chi connectivity index (χ1n) is 5.43. The minimum absolute atomic E-state index is 0.0767. The van der Waals surface area contributed by atoms with Crippen molar-refractivity contribution in [3.63, 3.8) is 0 Å². The molecule has 6 nitrogen and oxygen atoms in total. The fourth-order valence-electron chi connectivity index (χ4n) is 1.48. The van der Waals surface area contributed by atoms with E-state index >= 15 is 0 Å². The van der Waals surface area contributed by atoms with Gasteiger partial charge in [0.05, 0.1) is 21.8 Å². The van der Waals surface area contributed by atoms with Crippen molar-refractivity contribution in [3.8, 4) is 0 Å². The number of hydrogen-bond acceptors (Lipinski definition) is 4. The number of sulfonamides is 1. The van der Waals surface area contributed by atoms with Gasteiger partial charge < -0.3 is 5.73 Å². The number of aryl methyl sites for hydroxylation is 1. The second-order valence-corrected chi connectivity index (χ2v) is 6.20. The molecule has 1 aromatic carbocycles. The van der Waals surface area contributed by atoms with Crippen molar-refractivity contribution < 1.29 is 8.42 Å². The number of H-pyrrole nitrogens is 1. The third-order valence-corrected chi connectivity index (χ3v) is 4.40. The van der Waals surface area contributed by atoms with Crippen LogP contribution in [0.2, 0.25) is 5.02 Å². The number of benzene rings is 1. The molecule has 0 aliphatic rings. The van der Waals surface area contributed by atoms with Crippen LogP contribution in [0.1, 0.15) is 11.3 Å². The number of nitrogen functional groups attached to an aromatic ring is 1. The molecule has 1 heterocycles. The summed E-state index contributed by atoms with van der Waals surface area (Å²) in [6, 6.07) is 4.19. The number of rotatable bonds is 4. The van der Waals surface area contributed by atoms with Crippen molar-refractivity contribution in [3.05, 3.63) is 40.7 Å². The maximum Gasteiger partial charge on any atom is 0.240 e. The molecular weight excluding hydrogens is 288 g/mol. The Morgan fingerprint density at radius 1 is 1.47 bits per heavy atom. The van der Waals surface area contributed by atoms with Crippen LogP contribution in [-0.2, 0) is 16.6 Å². The lowest BCUT2D eigenvalue weighted by molar-refractivity contribution is 0.581. The standard InChI is InChI=1S/C11H13ClN4O2S/c1-7-8(5-14-16-7)6-15-19(17,18)9-2-3-11(13)10(12)4-9/h2-5,15H,6,13H2,1H3,(H,14,16). The van der Waals surface area contributed by atoms with Crippen molar-refractivity contribution >= 4 is 27.3 Å². The average molecular weight is 301 g/mol. The molecule has 0 fully saturated rings. The minimum Gasteiger partial charge on any atom is -0.398 e. The predicted molar refractivity (Wildman–Crippen MR) is 73.2 cm³/mol. The maximum atomic E-state index is 12.1. The van der Waals surface area contributed by atoms with Gasteiger partial charge in [0.25, 0.3) is 0 Å². The highest BCUT2D eigenvalue weighted by Gasteiger charge is 2.15. The largest absolute Gasteiger partial charge is 0.398 e. The van der Waals surface area contributed by atoms with Gasteiger partial charge in [0.2, 0.25) is 10.0 Å². The summed E-state index contributed by atoms with van der Waals surface area (Å²) in [4.78, 5) is 0.0767. The van der Waals surface area contributed by atoms with Crippen LogP contribution < -0.4 is 10.5 Å². The van der Waals surface area contributed by atoms with E-state index in [0.717, 1.165) is 11.3 Å². The number of hydrogen-bond donors (Lipinski definition) is 3. The van der Waals surface area contributed by atoms with E-state index in [2.05, 4.69) is 14.9 Å². The molecule has 0 unspecified atom stereocenters. The molecule has 0 amide bonds. The van der Waals surface area contributed by atoms with Gasteiger partial charge in [-0.05, 0) is 25.1 Å². The van der Waals surface area contributed by atoms with Crippen molar-refractivity contribution in [2.45, 2.75) is 18.4 Å². The highest BCUT2D eigenvalue weighted by atomic mass is 35.5. The smallest absolute Gasteiger partial charge is 0.240 e. The van der Waals surface area contributed by atoms with Gasteiger partial charge in [-0.2, -0.15) is 5.10 Å². The molecule has 0 bridgehead atoms. The van der Waals surface area contributed by atoms with Gasteiger partial charge >= 0.3 is 0 Å². The number of nitrogens with zero attached hydrogens (tertiary/aromatic N) is 1. The van der Waals surface area contributed by atoms with E-state index in [1.54, 1.807) is 6.20 Å². The van der Waals surface area contributed by atoms with Gasteiger partial charge in [-0.25, -0.2) is 13.1 Å². The first-order chi connectivity index (χ1) is 8.90. The zero-order valence-electron chi connectivity index (χ0n) is 10.1. The van der Waals surface area contributed by atoms with Crippen molar-refractivity contribution in [2.24, 2.45) is 0 Å². The Balaban J connectivity index is 2.18. The van der Waals surface area contributed by atoms with Gasteiger partial charge in [0, 0.05) is 17.8 Å². The molecule has 0 saturated heterocycles. The molecule has 0 radical (unpaired) electrons. The molecule has 0 saturated carbocycles. The zero-order chi connectivity index (χ0) is 14.0. The van der Waals surface area contributed by atoms with E-state index < -0.39 is 10.0 Å². The number of halogens is 1. The van der Waals surface area contributed by atoms with E-state index in [4.69, 9.17) is 17.3 Å². The SMILES string of the molecule is Cc1[nH]ncc1CNS(=O)(=O)c1ccc(N)c(Cl)c1. The first kappa shape index (κ1) is 13.9. The molecule has 0 atom stereocenters. The predicted octanol–water partition coefficient (Wildman–Crippen LogP) is 1.43. The van der Waals surface area contributed by atoms with Crippen LogP contribution >= 0.6 is 11.6 Å². The second kappa shape index (κ2) is 5.20. The summed E-state index contributed by atoms with van der Waals surface area (Å²) in [5, 5.41) is 6.77. The quantitative estimate of drug-likeness (QED) is 0.744. The Hall–Kier alpha value is -1.57. The van der Waals surface area contributed by atoms with Crippen LogP contribution in [-0.4, -0.2) is 18.6 Å². The number of aromatic amines is 1. The Morgan fingerprint density at radius 3 is 2.79 bits per heavy atom. The summed E-state index contributed by atoms with van der Waals surface area (Å²) < 4.78 is 26.6. The Kier molecular flexibility index (Phi) is 3.79. The molecule has 8 heteroatoms. The van der Waals surface area contributed by atoms with Crippen molar-refractivity contribution in [1.29, 1.82) is 0 Å². The van der Waals surface area contributed by atoms with E-state index in [9.17, 15) is 8.42 Å². The van der Waals surface area contributed by atoms with E-state index in [-0.39, 0.29) is 16.5 Å². The van der Waals surface area contributed by atoms with E-state index in [0.29, 0.717) is 5.69 Å². The second-order valence-electron chi connectivity index (χ2n) is 4.03. The molecule has 0 aliphatic heterocycles. The normalized spacial score (nSPS) is 11.7. The van der Waals surface area contributed by atoms with Crippen LogP contribution in [0.3, 0.4) is 0 Å². The van der Waals surface area contributed by atoms with Gasteiger partial charge in [-0.3, -0.25) is 5.10 Å². The summed E-state index contributed by atoms with van der Waals surface area (Å²) in [6.45, 7) is 1.98. The molecule has 0 spiro atoms. The molecule has 2 rings (SSSR count).